The topological polar surface area (TPSA) is 69.6 Å². The van der Waals surface area contributed by atoms with E-state index in [1.165, 1.54) is 4.90 Å². The Morgan fingerprint density at radius 2 is 2.20 bits per heavy atom. The van der Waals surface area contributed by atoms with Gasteiger partial charge in [-0.2, -0.15) is 0 Å². The fourth-order valence-electron chi connectivity index (χ4n) is 1.83. The highest BCUT2D eigenvalue weighted by Crippen LogP contribution is 2.26. The lowest BCUT2D eigenvalue weighted by atomic mass is 9.88. The molecule has 1 rings (SSSR count). The normalized spacial score (nSPS) is 25.2. The van der Waals surface area contributed by atoms with Gasteiger partial charge in [-0.25, -0.2) is 0 Å². The number of hydrogen-bond acceptors (Lipinski definition) is 3. The van der Waals surface area contributed by atoms with Crippen LogP contribution >= 0.6 is 0 Å². The summed E-state index contributed by atoms with van der Waals surface area (Å²) in [4.78, 5) is 23.9. The summed E-state index contributed by atoms with van der Waals surface area (Å²) in [5, 5.41) is 11.7. The largest absolute Gasteiger partial charge is 0.481 e. The molecule has 1 amide bonds. The van der Waals surface area contributed by atoms with Gasteiger partial charge >= 0.3 is 5.97 Å². The lowest BCUT2D eigenvalue weighted by Crippen LogP contribution is -2.42. The number of nitrogens with one attached hydrogen (secondary N) is 1. The van der Waals surface area contributed by atoms with Gasteiger partial charge in [-0.1, -0.05) is 0 Å². The third-order valence-electron chi connectivity index (χ3n) is 2.89. The summed E-state index contributed by atoms with van der Waals surface area (Å²) in [5.41, 5.74) is -0.354. The van der Waals surface area contributed by atoms with Crippen LogP contribution in [0.1, 0.15) is 19.8 Å². The number of rotatable bonds is 4. The minimum atomic E-state index is -0.871. The number of aliphatic carboxylic acids is 1. The molecule has 0 saturated carbocycles. The van der Waals surface area contributed by atoms with Crippen molar-refractivity contribution < 1.29 is 14.7 Å². The molecular formula is C10H18N2O3. The number of carboxylic acid groups (broad SMARTS) is 1. The molecule has 0 aliphatic carbocycles. The summed E-state index contributed by atoms with van der Waals surface area (Å²) in [7, 11) is 1.66. The van der Waals surface area contributed by atoms with Crippen LogP contribution in [-0.4, -0.2) is 48.6 Å². The van der Waals surface area contributed by atoms with Gasteiger partial charge in [0.1, 0.15) is 0 Å². The zero-order chi connectivity index (χ0) is 11.5. The van der Waals surface area contributed by atoms with Crippen LogP contribution in [-0.2, 0) is 9.59 Å². The molecule has 86 valence electrons. The Balaban J connectivity index is 2.48. The number of carbonyl (C=O) groups is 2. The smallest absolute Gasteiger partial charge is 0.305 e. The second kappa shape index (κ2) is 4.61. The van der Waals surface area contributed by atoms with Crippen LogP contribution in [0.4, 0.5) is 0 Å². The average Bonchev–Trinajstić information content (AvgIpc) is 2.61. The quantitative estimate of drug-likeness (QED) is 0.686. The molecule has 0 aromatic carbocycles. The fourth-order valence-corrected chi connectivity index (χ4v) is 1.83. The zero-order valence-corrected chi connectivity index (χ0v) is 9.25. The molecule has 5 heteroatoms. The Morgan fingerprint density at radius 1 is 1.53 bits per heavy atom. The molecule has 0 aromatic heterocycles. The summed E-state index contributed by atoms with van der Waals surface area (Å²) in [6.45, 7) is 3.74. The highest BCUT2D eigenvalue weighted by atomic mass is 16.4. The maximum Gasteiger partial charge on any atom is 0.305 e. The van der Waals surface area contributed by atoms with Gasteiger partial charge in [-0.15, -0.1) is 0 Å². The molecule has 1 saturated heterocycles. The Kier molecular flexibility index (Phi) is 3.68. The van der Waals surface area contributed by atoms with E-state index in [0.717, 1.165) is 13.0 Å². The van der Waals surface area contributed by atoms with Gasteiger partial charge in [0, 0.05) is 20.1 Å². The van der Waals surface area contributed by atoms with Gasteiger partial charge in [-0.05, 0) is 19.9 Å². The minimum absolute atomic E-state index is 0.00570. The molecule has 1 unspecified atom stereocenters. The third kappa shape index (κ3) is 2.92. The van der Waals surface area contributed by atoms with Crippen molar-refractivity contribution in [2.24, 2.45) is 5.41 Å². The van der Waals surface area contributed by atoms with Crippen LogP contribution in [0.15, 0.2) is 0 Å². The fraction of sp³-hybridized carbons (Fsp3) is 0.800. The van der Waals surface area contributed by atoms with E-state index in [9.17, 15) is 9.59 Å². The summed E-state index contributed by atoms with van der Waals surface area (Å²) in [6.07, 6.45) is 0.828. The molecule has 0 bridgehead atoms. The average molecular weight is 214 g/mol. The van der Waals surface area contributed by atoms with E-state index in [1.54, 1.807) is 7.05 Å². The first kappa shape index (κ1) is 12.0. The molecule has 1 aliphatic rings. The predicted molar refractivity (Wildman–Crippen MR) is 55.5 cm³/mol. The summed E-state index contributed by atoms with van der Waals surface area (Å²) in [5.74, 6) is -0.835. The van der Waals surface area contributed by atoms with Gasteiger partial charge in [0.15, 0.2) is 0 Å². The van der Waals surface area contributed by atoms with Crippen LogP contribution in [0.25, 0.3) is 0 Å². The highest BCUT2D eigenvalue weighted by molar-refractivity contribution is 5.83. The van der Waals surface area contributed by atoms with Crippen molar-refractivity contribution in [2.75, 3.05) is 26.7 Å². The predicted octanol–water partition coefficient (Wildman–Crippen LogP) is -0.0809. The Bertz CT molecular complexity index is 259. The molecule has 1 fully saturated rings. The number of amides is 1. The van der Waals surface area contributed by atoms with E-state index in [1.807, 2.05) is 6.92 Å². The summed E-state index contributed by atoms with van der Waals surface area (Å²) < 4.78 is 0. The molecule has 15 heavy (non-hydrogen) atoms. The maximum atomic E-state index is 12.0. The summed E-state index contributed by atoms with van der Waals surface area (Å²) in [6, 6.07) is 0. The standard InChI is InChI=1S/C10H18N2O3/c1-10(4-5-11-7-10)9(15)12(2)6-3-8(13)14/h11H,3-7H2,1-2H3,(H,13,14). The van der Waals surface area contributed by atoms with E-state index in [4.69, 9.17) is 5.11 Å². The molecule has 0 radical (unpaired) electrons. The van der Waals surface area contributed by atoms with Crippen molar-refractivity contribution in [3.8, 4) is 0 Å². The first-order valence-electron chi connectivity index (χ1n) is 5.14. The van der Waals surface area contributed by atoms with Gasteiger partial charge in [0.05, 0.1) is 11.8 Å². The van der Waals surface area contributed by atoms with E-state index < -0.39 is 5.97 Å². The number of carboxylic acids is 1. The number of carbonyl (C=O) groups excluding carboxylic acids is 1. The van der Waals surface area contributed by atoms with Crippen LogP contribution in [0.5, 0.6) is 0 Å². The number of hydrogen-bond donors (Lipinski definition) is 2. The van der Waals surface area contributed by atoms with Crippen molar-refractivity contribution in [3.05, 3.63) is 0 Å². The first-order valence-corrected chi connectivity index (χ1v) is 5.14. The van der Waals surface area contributed by atoms with E-state index in [2.05, 4.69) is 5.32 Å². The van der Waals surface area contributed by atoms with Crippen LogP contribution in [0.2, 0.25) is 0 Å². The van der Waals surface area contributed by atoms with Crippen LogP contribution in [0, 0.1) is 5.41 Å². The SMILES string of the molecule is CN(CCC(=O)O)C(=O)C1(C)CCNC1. The second-order valence-electron chi connectivity index (χ2n) is 4.36. The van der Waals surface area contributed by atoms with Crippen molar-refractivity contribution in [3.63, 3.8) is 0 Å². The van der Waals surface area contributed by atoms with Gasteiger partial charge in [0.2, 0.25) is 5.91 Å². The number of nitrogens with zero attached hydrogens (tertiary/aromatic N) is 1. The van der Waals surface area contributed by atoms with E-state index >= 15 is 0 Å². The minimum Gasteiger partial charge on any atom is -0.481 e. The molecule has 2 N–H and O–H groups in total. The van der Waals surface area contributed by atoms with Crippen LogP contribution < -0.4 is 5.32 Å². The lowest BCUT2D eigenvalue weighted by molar-refractivity contribution is -0.141. The molecule has 0 aromatic rings. The van der Waals surface area contributed by atoms with Crippen molar-refractivity contribution in [1.82, 2.24) is 10.2 Å². The van der Waals surface area contributed by atoms with Gasteiger partial charge in [-0.3, -0.25) is 9.59 Å². The van der Waals surface area contributed by atoms with E-state index in [-0.39, 0.29) is 24.3 Å². The lowest BCUT2D eigenvalue weighted by Gasteiger charge is -2.27. The van der Waals surface area contributed by atoms with Crippen molar-refractivity contribution in [2.45, 2.75) is 19.8 Å². The van der Waals surface area contributed by atoms with E-state index in [0.29, 0.717) is 6.54 Å². The van der Waals surface area contributed by atoms with Gasteiger partial charge in [0.25, 0.3) is 0 Å². The first-order chi connectivity index (χ1) is 6.96. The Morgan fingerprint density at radius 3 is 2.67 bits per heavy atom. The third-order valence-corrected chi connectivity index (χ3v) is 2.89. The zero-order valence-electron chi connectivity index (χ0n) is 9.25. The highest BCUT2D eigenvalue weighted by Gasteiger charge is 2.38. The molecule has 5 nitrogen and oxygen atoms in total. The Labute approximate surface area is 89.4 Å². The van der Waals surface area contributed by atoms with Gasteiger partial charge < -0.3 is 15.3 Å². The van der Waals surface area contributed by atoms with Crippen molar-refractivity contribution >= 4 is 11.9 Å². The monoisotopic (exact) mass is 214 g/mol. The molecule has 1 atom stereocenters. The Hall–Kier alpha value is -1.10. The molecular weight excluding hydrogens is 196 g/mol. The van der Waals surface area contributed by atoms with Crippen LogP contribution in [0.3, 0.4) is 0 Å². The molecule has 1 aliphatic heterocycles. The van der Waals surface area contributed by atoms with Crippen molar-refractivity contribution in [1.29, 1.82) is 0 Å². The summed E-state index contributed by atoms with van der Waals surface area (Å²) >= 11 is 0. The second-order valence-corrected chi connectivity index (χ2v) is 4.36. The molecule has 0 spiro atoms. The maximum absolute atomic E-state index is 12.0. The molecule has 1 heterocycles.